The third-order valence-electron chi connectivity index (χ3n) is 7.22. The molecule has 28 heavy (non-hydrogen) atoms. The Hall–Kier alpha value is -2.95. The number of amides is 4. The third kappa shape index (κ3) is 1.62. The molecule has 5 nitrogen and oxygen atoms in total. The first kappa shape index (κ1) is 17.2. The van der Waals surface area contributed by atoms with Crippen molar-refractivity contribution in [3.8, 4) is 0 Å². The lowest BCUT2D eigenvalue weighted by Gasteiger charge is -2.60. The second-order valence-corrected chi connectivity index (χ2v) is 8.45. The van der Waals surface area contributed by atoms with Gasteiger partial charge in [0.05, 0.1) is 12.1 Å². The van der Waals surface area contributed by atoms with Crippen LogP contribution in [0.15, 0.2) is 48.5 Å². The lowest BCUT2D eigenvalue weighted by molar-refractivity contribution is -0.129. The van der Waals surface area contributed by atoms with Gasteiger partial charge in [0.15, 0.2) is 0 Å². The van der Waals surface area contributed by atoms with E-state index in [1.807, 2.05) is 24.3 Å². The van der Waals surface area contributed by atoms with Crippen LogP contribution in [-0.2, 0) is 20.4 Å². The SMILES string of the molecule is CC(=O)N1C(=O)N(C(C)=O)[C@@H]2[C@H]1C1(C)c3ccccc3C2(C)c2ccccc21. The second kappa shape index (κ2) is 5.10. The number of urea groups is 1. The number of hydrogen-bond donors (Lipinski definition) is 0. The second-order valence-electron chi connectivity index (χ2n) is 8.45. The highest BCUT2D eigenvalue weighted by Gasteiger charge is 2.70. The molecule has 2 aromatic rings. The topological polar surface area (TPSA) is 57.7 Å². The van der Waals surface area contributed by atoms with E-state index in [-0.39, 0.29) is 11.8 Å². The Morgan fingerprint density at radius 1 is 0.714 bits per heavy atom. The van der Waals surface area contributed by atoms with Gasteiger partial charge in [-0.15, -0.1) is 0 Å². The Morgan fingerprint density at radius 3 is 1.25 bits per heavy atom. The molecule has 0 unspecified atom stereocenters. The van der Waals surface area contributed by atoms with Gasteiger partial charge in [0.2, 0.25) is 11.8 Å². The fourth-order valence-electron chi connectivity index (χ4n) is 6.15. The summed E-state index contributed by atoms with van der Waals surface area (Å²) in [6.45, 7) is 7.02. The van der Waals surface area contributed by atoms with E-state index in [4.69, 9.17) is 0 Å². The van der Waals surface area contributed by atoms with Crippen molar-refractivity contribution in [1.82, 2.24) is 9.80 Å². The number of carbonyl (C=O) groups is 3. The van der Waals surface area contributed by atoms with Gasteiger partial charge in [0.25, 0.3) is 0 Å². The van der Waals surface area contributed by atoms with Crippen molar-refractivity contribution in [2.75, 3.05) is 0 Å². The van der Waals surface area contributed by atoms with Crippen LogP contribution in [0.25, 0.3) is 0 Å². The van der Waals surface area contributed by atoms with Gasteiger partial charge in [-0.05, 0) is 36.1 Å². The van der Waals surface area contributed by atoms with E-state index in [1.165, 1.54) is 23.6 Å². The van der Waals surface area contributed by atoms with Crippen LogP contribution in [0.2, 0.25) is 0 Å². The molecule has 0 radical (unpaired) electrons. The first-order valence-corrected chi connectivity index (χ1v) is 9.59. The largest absolute Gasteiger partial charge is 0.334 e. The zero-order valence-electron chi connectivity index (χ0n) is 16.4. The summed E-state index contributed by atoms with van der Waals surface area (Å²) >= 11 is 0. The van der Waals surface area contributed by atoms with Crippen LogP contribution in [0, 0.1) is 0 Å². The van der Waals surface area contributed by atoms with Crippen molar-refractivity contribution in [3.63, 3.8) is 0 Å². The molecule has 3 aliphatic carbocycles. The van der Waals surface area contributed by atoms with Crippen LogP contribution in [0.3, 0.4) is 0 Å². The summed E-state index contributed by atoms with van der Waals surface area (Å²) in [4.78, 5) is 41.1. The van der Waals surface area contributed by atoms with Crippen LogP contribution >= 0.6 is 0 Å². The van der Waals surface area contributed by atoms with Gasteiger partial charge in [-0.25, -0.2) is 4.79 Å². The van der Waals surface area contributed by atoms with Crippen molar-refractivity contribution >= 4 is 17.8 Å². The molecule has 4 amide bonds. The number of rotatable bonds is 0. The van der Waals surface area contributed by atoms with Gasteiger partial charge in [0.1, 0.15) is 0 Å². The zero-order valence-corrected chi connectivity index (χ0v) is 16.4. The Bertz CT molecular complexity index is 944. The molecule has 1 aliphatic heterocycles. The molecule has 5 heteroatoms. The fourth-order valence-corrected chi connectivity index (χ4v) is 6.15. The third-order valence-corrected chi connectivity index (χ3v) is 7.22. The van der Waals surface area contributed by atoms with Crippen LogP contribution in [0.1, 0.15) is 49.9 Å². The van der Waals surface area contributed by atoms with E-state index in [1.54, 1.807) is 0 Å². The van der Waals surface area contributed by atoms with E-state index >= 15 is 0 Å². The smallest absolute Gasteiger partial charge is 0.275 e. The number of carbonyl (C=O) groups excluding carboxylic acids is 3. The molecule has 0 spiro atoms. The number of benzene rings is 2. The zero-order chi connectivity index (χ0) is 20.0. The molecule has 6 rings (SSSR count). The van der Waals surface area contributed by atoms with Crippen LogP contribution in [0.5, 0.6) is 0 Å². The predicted molar refractivity (Wildman–Crippen MR) is 104 cm³/mol. The van der Waals surface area contributed by atoms with E-state index in [9.17, 15) is 14.4 Å². The maximum absolute atomic E-state index is 13.3. The molecular formula is C23H22N2O3. The van der Waals surface area contributed by atoms with Crippen molar-refractivity contribution in [1.29, 1.82) is 0 Å². The number of hydrogen-bond acceptors (Lipinski definition) is 3. The monoisotopic (exact) mass is 374 g/mol. The highest BCUT2D eigenvalue weighted by molar-refractivity contribution is 6.05. The van der Waals surface area contributed by atoms with Gasteiger partial charge >= 0.3 is 6.03 Å². The Morgan fingerprint density at radius 2 is 1.00 bits per heavy atom. The van der Waals surface area contributed by atoms with Crippen molar-refractivity contribution in [2.24, 2.45) is 0 Å². The fraction of sp³-hybridized carbons (Fsp3) is 0.348. The molecular weight excluding hydrogens is 352 g/mol. The lowest BCUT2D eigenvalue weighted by Crippen LogP contribution is -2.68. The Labute approximate surface area is 163 Å². The summed E-state index contributed by atoms with van der Waals surface area (Å²) in [5, 5.41) is 0. The van der Waals surface area contributed by atoms with Gasteiger partial charge in [-0.1, -0.05) is 48.5 Å². The molecule has 0 N–H and O–H groups in total. The quantitative estimate of drug-likeness (QED) is 0.712. The molecule has 1 saturated heterocycles. The Kier molecular flexibility index (Phi) is 3.13. The van der Waals surface area contributed by atoms with E-state index in [2.05, 4.69) is 38.1 Å². The minimum Gasteiger partial charge on any atom is -0.275 e. The van der Waals surface area contributed by atoms with E-state index in [0.717, 1.165) is 22.3 Å². The van der Waals surface area contributed by atoms with E-state index in [0.29, 0.717) is 0 Å². The summed E-state index contributed by atoms with van der Waals surface area (Å²) in [5.41, 5.74) is 3.34. The molecule has 142 valence electrons. The maximum atomic E-state index is 13.3. The average Bonchev–Trinajstić information content (AvgIpc) is 3.00. The van der Waals surface area contributed by atoms with E-state index < -0.39 is 28.9 Å². The molecule has 0 aromatic heterocycles. The molecule has 2 atom stereocenters. The minimum atomic E-state index is -0.582. The standard InChI is InChI=1S/C23H22N2O3/c1-13(26)24-19-20(25(14(2)27)21(24)28)23(4)17-11-7-5-9-15(17)22(19,3)16-10-6-8-12-18(16)23/h5-12,19-20H,1-4H3/t19-,20+,22?,23?. The summed E-state index contributed by atoms with van der Waals surface area (Å²) in [7, 11) is 0. The van der Waals surface area contributed by atoms with Gasteiger partial charge in [-0.2, -0.15) is 0 Å². The highest BCUT2D eigenvalue weighted by atomic mass is 16.2. The van der Waals surface area contributed by atoms with Crippen molar-refractivity contribution < 1.29 is 14.4 Å². The first-order valence-electron chi connectivity index (χ1n) is 9.59. The van der Waals surface area contributed by atoms with Crippen molar-refractivity contribution in [3.05, 3.63) is 70.8 Å². The van der Waals surface area contributed by atoms with Crippen LogP contribution in [0.4, 0.5) is 4.79 Å². The molecule has 1 fully saturated rings. The number of imide groups is 2. The summed E-state index contributed by atoms with van der Waals surface area (Å²) in [5.74, 6) is -0.646. The maximum Gasteiger partial charge on any atom is 0.334 e. The van der Waals surface area contributed by atoms with Crippen molar-refractivity contribution in [2.45, 2.75) is 50.6 Å². The lowest BCUT2D eigenvalue weighted by atomic mass is 9.46. The molecule has 2 aromatic carbocycles. The normalized spacial score (nSPS) is 32.1. The predicted octanol–water partition coefficient (Wildman–Crippen LogP) is 3.19. The van der Waals surface area contributed by atoms with Gasteiger partial charge < -0.3 is 0 Å². The average molecular weight is 374 g/mol. The summed E-state index contributed by atoms with van der Waals surface area (Å²) in [6.07, 6.45) is 0. The summed E-state index contributed by atoms with van der Waals surface area (Å²) in [6, 6.07) is 15.0. The van der Waals surface area contributed by atoms with Gasteiger partial charge in [-0.3, -0.25) is 19.4 Å². The first-order chi connectivity index (χ1) is 13.3. The van der Waals surface area contributed by atoms with Crippen LogP contribution < -0.4 is 0 Å². The summed E-state index contributed by atoms with van der Waals surface area (Å²) < 4.78 is 0. The molecule has 1 heterocycles. The molecule has 0 saturated carbocycles. The highest BCUT2D eigenvalue weighted by Crippen LogP contribution is 2.63. The molecule has 4 aliphatic rings. The Balaban J connectivity index is 1.95. The molecule has 2 bridgehead atoms. The van der Waals surface area contributed by atoms with Crippen LogP contribution in [-0.4, -0.2) is 39.7 Å². The van der Waals surface area contributed by atoms with Gasteiger partial charge in [0, 0.05) is 24.7 Å². The number of nitrogens with zero attached hydrogens (tertiary/aromatic N) is 2. The minimum absolute atomic E-state index is 0.323.